The molecule has 7 heteroatoms. The quantitative estimate of drug-likeness (QED) is 0.519. The predicted molar refractivity (Wildman–Crippen MR) is 105 cm³/mol. The van der Waals surface area contributed by atoms with E-state index in [-0.39, 0.29) is 17.3 Å². The molecule has 4 aromatic rings. The van der Waals surface area contributed by atoms with Crippen molar-refractivity contribution < 1.29 is 13.9 Å². The second-order valence-electron chi connectivity index (χ2n) is 6.09. The monoisotopic (exact) mass is 395 g/mol. The molecule has 5 nitrogen and oxygen atoms in total. The van der Waals surface area contributed by atoms with Crippen molar-refractivity contribution in [3.05, 3.63) is 95.2 Å². The number of fused-ring (bicyclic) bond motifs is 1. The van der Waals surface area contributed by atoms with Gasteiger partial charge in [0.25, 0.3) is 5.91 Å². The van der Waals surface area contributed by atoms with Gasteiger partial charge in [-0.05, 0) is 48.5 Å². The van der Waals surface area contributed by atoms with Crippen molar-refractivity contribution in [2.45, 2.75) is 6.61 Å². The van der Waals surface area contributed by atoms with Gasteiger partial charge in [0.2, 0.25) is 0 Å². The number of ether oxygens (including phenoxy) is 1. The average molecular weight is 396 g/mol. The number of halogens is 2. The number of hydrogen-bond donors (Lipinski definition) is 1. The highest BCUT2D eigenvalue weighted by Crippen LogP contribution is 2.21. The molecule has 2 aromatic carbocycles. The van der Waals surface area contributed by atoms with Crippen LogP contribution in [0.4, 0.5) is 10.1 Å². The first kappa shape index (κ1) is 18.0. The number of benzene rings is 2. The summed E-state index contributed by atoms with van der Waals surface area (Å²) in [7, 11) is 0. The van der Waals surface area contributed by atoms with Crippen LogP contribution in [0.5, 0.6) is 5.75 Å². The van der Waals surface area contributed by atoms with Gasteiger partial charge in [-0.2, -0.15) is 0 Å². The summed E-state index contributed by atoms with van der Waals surface area (Å²) in [5.41, 5.74) is 2.01. The van der Waals surface area contributed by atoms with E-state index in [4.69, 9.17) is 16.3 Å². The SMILES string of the molecule is O=C(Nc1ccc(Cl)cc1F)c1cccc(OCc2cn3ccccc3n2)c1. The Morgan fingerprint density at radius 2 is 2.04 bits per heavy atom. The molecular weight excluding hydrogens is 381 g/mol. The average Bonchev–Trinajstić information content (AvgIpc) is 3.12. The number of anilines is 1. The van der Waals surface area contributed by atoms with Crippen LogP contribution >= 0.6 is 11.6 Å². The molecule has 1 N–H and O–H groups in total. The fraction of sp³-hybridized carbons (Fsp3) is 0.0476. The summed E-state index contributed by atoms with van der Waals surface area (Å²) >= 11 is 5.73. The molecule has 0 spiro atoms. The summed E-state index contributed by atoms with van der Waals surface area (Å²) in [6.07, 6.45) is 3.79. The molecule has 0 fully saturated rings. The lowest BCUT2D eigenvalue weighted by Crippen LogP contribution is -2.13. The standard InChI is InChI=1S/C21H15ClFN3O2/c22-15-7-8-19(18(23)11-15)25-21(27)14-4-3-5-17(10-14)28-13-16-12-26-9-2-1-6-20(26)24-16/h1-12H,13H2,(H,25,27). The Labute approximate surface area is 165 Å². The van der Waals surface area contributed by atoms with Crippen LogP contribution in [0, 0.1) is 5.82 Å². The van der Waals surface area contributed by atoms with Crippen LogP contribution in [-0.4, -0.2) is 15.3 Å². The van der Waals surface area contributed by atoms with Crippen molar-refractivity contribution in [3.8, 4) is 5.75 Å². The van der Waals surface area contributed by atoms with E-state index >= 15 is 0 Å². The molecule has 4 rings (SSSR count). The number of rotatable bonds is 5. The van der Waals surface area contributed by atoms with Gasteiger partial charge in [-0.1, -0.05) is 23.7 Å². The molecule has 0 aliphatic rings. The number of carbonyl (C=O) groups is 1. The molecule has 1 amide bonds. The molecule has 0 bridgehead atoms. The third-order valence-corrected chi connectivity index (χ3v) is 4.31. The van der Waals surface area contributed by atoms with Gasteiger partial charge in [0.15, 0.2) is 0 Å². The third-order valence-electron chi connectivity index (χ3n) is 4.08. The van der Waals surface area contributed by atoms with Gasteiger partial charge in [-0.15, -0.1) is 0 Å². The van der Waals surface area contributed by atoms with E-state index in [1.807, 2.05) is 35.0 Å². The molecule has 140 valence electrons. The Hall–Kier alpha value is -3.38. The van der Waals surface area contributed by atoms with Crippen molar-refractivity contribution in [3.63, 3.8) is 0 Å². The Morgan fingerprint density at radius 1 is 1.14 bits per heavy atom. The van der Waals surface area contributed by atoms with Crippen molar-refractivity contribution >= 4 is 28.8 Å². The minimum Gasteiger partial charge on any atom is -0.487 e. The molecule has 0 radical (unpaired) electrons. The summed E-state index contributed by atoms with van der Waals surface area (Å²) in [5, 5.41) is 2.79. The van der Waals surface area contributed by atoms with Gasteiger partial charge in [0, 0.05) is 23.0 Å². The number of carbonyl (C=O) groups excluding carboxylic acids is 1. The minimum atomic E-state index is -0.597. The van der Waals surface area contributed by atoms with Gasteiger partial charge in [-0.3, -0.25) is 4.79 Å². The number of nitrogens with one attached hydrogen (secondary N) is 1. The summed E-state index contributed by atoms with van der Waals surface area (Å²) < 4.78 is 21.5. The van der Waals surface area contributed by atoms with Crippen molar-refractivity contribution in [1.82, 2.24) is 9.38 Å². The number of nitrogens with zero attached hydrogens (tertiary/aromatic N) is 2. The molecule has 0 aliphatic heterocycles. The van der Waals surface area contributed by atoms with Gasteiger partial charge < -0.3 is 14.5 Å². The Bertz CT molecular complexity index is 1130. The molecule has 0 atom stereocenters. The maximum atomic E-state index is 13.9. The van der Waals surface area contributed by atoms with Crippen molar-refractivity contribution in [1.29, 1.82) is 0 Å². The van der Waals surface area contributed by atoms with Gasteiger partial charge >= 0.3 is 0 Å². The Morgan fingerprint density at radius 3 is 2.86 bits per heavy atom. The van der Waals surface area contributed by atoms with Crippen LogP contribution in [0.1, 0.15) is 16.1 Å². The number of amides is 1. The van der Waals surface area contributed by atoms with Gasteiger partial charge in [0.05, 0.1) is 11.4 Å². The zero-order chi connectivity index (χ0) is 19.5. The van der Waals surface area contributed by atoms with Crippen LogP contribution in [0.25, 0.3) is 5.65 Å². The van der Waals surface area contributed by atoms with Crippen LogP contribution in [0.3, 0.4) is 0 Å². The second kappa shape index (κ2) is 7.70. The number of hydrogen-bond acceptors (Lipinski definition) is 3. The Balaban J connectivity index is 1.45. The maximum Gasteiger partial charge on any atom is 0.255 e. The zero-order valence-corrected chi connectivity index (χ0v) is 15.4. The first-order chi connectivity index (χ1) is 13.6. The normalized spacial score (nSPS) is 10.8. The molecule has 28 heavy (non-hydrogen) atoms. The van der Waals surface area contributed by atoms with Crippen molar-refractivity contribution in [2.24, 2.45) is 0 Å². The van der Waals surface area contributed by atoms with Crippen LogP contribution < -0.4 is 10.1 Å². The molecule has 0 aliphatic carbocycles. The number of aromatic nitrogens is 2. The fourth-order valence-corrected chi connectivity index (χ4v) is 2.89. The van der Waals surface area contributed by atoms with Crippen LogP contribution in [0.2, 0.25) is 5.02 Å². The highest BCUT2D eigenvalue weighted by Gasteiger charge is 2.11. The fourth-order valence-electron chi connectivity index (χ4n) is 2.73. The van der Waals surface area contributed by atoms with E-state index in [9.17, 15) is 9.18 Å². The number of imidazole rings is 1. The molecule has 2 heterocycles. The highest BCUT2D eigenvalue weighted by atomic mass is 35.5. The predicted octanol–water partition coefficient (Wildman–Crippen LogP) is 4.96. The van der Waals surface area contributed by atoms with E-state index in [1.165, 1.54) is 12.1 Å². The third kappa shape index (κ3) is 3.97. The lowest BCUT2D eigenvalue weighted by atomic mass is 10.2. The molecule has 0 saturated carbocycles. The summed E-state index contributed by atoms with van der Waals surface area (Å²) in [5.74, 6) is -0.527. The topological polar surface area (TPSA) is 55.6 Å². The van der Waals surface area contributed by atoms with E-state index in [2.05, 4.69) is 10.3 Å². The van der Waals surface area contributed by atoms with Crippen molar-refractivity contribution in [2.75, 3.05) is 5.32 Å². The Kier molecular flexibility index (Phi) is 4.95. The molecular formula is C21H15ClFN3O2. The number of pyridine rings is 1. The smallest absolute Gasteiger partial charge is 0.255 e. The summed E-state index contributed by atoms with van der Waals surface area (Å²) in [6.45, 7) is 0.262. The highest BCUT2D eigenvalue weighted by molar-refractivity contribution is 6.30. The molecule has 2 aromatic heterocycles. The molecule has 0 saturated heterocycles. The van der Waals surface area contributed by atoms with Crippen LogP contribution in [-0.2, 0) is 6.61 Å². The van der Waals surface area contributed by atoms with Gasteiger partial charge in [-0.25, -0.2) is 9.37 Å². The minimum absolute atomic E-state index is 0.0606. The van der Waals surface area contributed by atoms with E-state index in [0.29, 0.717) is 11.3 Å². The lowest BCUT2D eigenvalue weighted by molar-refractivity contribution is 0.102. The van der Waals surface area contributed by atoms with E-state index in [0.717, 1.165) is 17.4 Å². The largest absolute Gasteiger partial charge is 0.487 e. The summed E-state index contributed by atoms with van der Waals surface area (Å²) in [4.78, 5) is 16.9. The maximum absolute atomic E-state index is 13.9. The van der Waals surface area contributed by atoms with E-state index < -0.39 is 11.7 Å². The zero-order valence-electron chi connectivity index (χ0n) is 14.6. The van der Waals surface area contributed by atoms with Crippen LogP contribution in [0.15, 0.2) is 73.1 Å². The second-order valence-corrected chi connectivity index (χ2v) is 6.53. The first-order valence-corrected chi connectivity index (χ1v) is 8.88. The summed E-state index contributed by atoms with van der Waals surface area (Å²) in [6, 6.07) is 16.5. The van der Waals surface area contributed by atoms with Gasteiger partial charge in [0.1, 0.15) is 23.8 Å². The first-order valence-electron chi connectivity index (χ1n) is 8.50. The van der Waals surface area contributed by atoms with E-state index in [1.54, 1.807) is 24.3 Å². The molecule has 0 unspecified atom stereocenters. The lowest BCUT2D eigenvalue weighted by Gasteiger charge is -2.09.